The summed E-state index contributed by atoms with van der Waals surface area (Å²) in [6, 6.07) is 10.8. The summed E-state index contributed by atoms with van der Waals surface area (Å²) in [5.41, 5.74) is 1.40. The Labute approximate surface area is 150 Å². The van der Waals surface area contributed by atoms with Crippen LogP contribution in [0.15, 0.2) is 46.9 Å². The molecule has 126 valence electrons. The molecule has 0 spiro atoms. The van der Waals surface area contributed by atoms with Gasteiger partial charge in [0.25, 0.3) is 0 Å². The van der Waals surface area contributed by atoms with Crippen molar-refractivity contribution >= 4 is 27.8 Å². The van der Waals surface area contributed by atoms with Crippen molar-refractivity contribution in [3.05, 3.63) is 58.1 Å². The zero-order valence-electron chi connectivity index (χ0n) is 13.8. The van der Waals surface area contributed by atoms with Crippen LogP contribution in [0.5, 0.6) is 17.2 Å². The molecule has 0 heterocycles. The first kappa shape index (κ1) is 18.1. The smallest absolute Gasteiger partial charge is 0.185 e. The van der Waals surface area contributed by atoms with Crippen LogP contribution in [-0.2, 0) is 0 Å². The molecule has 0 radical (unpaired) electrons. The molecule has 0 aromatic heterocycles. The molecule has 2 aromatic rings. The number of ketones is 1. The SMILES string of the molecule is CCOc1c(Br)cc(C=CC(=O)c2cccc(OC)c2)cc1OC. The second-order valence-electron chi connectivity index (χ2n) is 4.90. The van der Waals surface area contributed by atoms with E-state index in [9.17, 15) is 4.79 Å². The fraction of sp³-hybridized carbons (Fsp3) is 0.211. The van der Waals surface area contributed by atoms with E-state index in [-0.39, 0.29) is 5.78 Å². The first-order chi connectivity index (χ1) is 11.6. The lowest BCUT2D eigenvalue weighted by molar-refractivity contribution is 0.104. The van der Waals surface area contributed by atoms with Crippen molar-refractivity contribution in [2.24, 2.45) is 0 Å². The van der Waals surface area contributed by atoms with Gasteiger partial charge in [0.1, 0.15) is 5.75 Å². The number of hydrogen-bond donors (Lipinski definition) is 0. The van der Waals surface area contributed by atoms with E-state index >= 15 is 0 Å². The molecule has 0 unspecified atom stereocenters. The number of ether oxygens (including phenoxy) is 3. The number of carbonyl (C=O) groups excluding carboxylic acids is 1. The Balaban J connectivity index is 2.24. The molecular weight excluding hydrogens is 372 g/mol. The standard InChI is InChI=1S/C19H19BrO4/c1-4-24-19-16(20)10-13(11-18(19)23-3)8-9-17(21)14-6-5-7-15(12-14)22-2/h5-12H,4H2,1-3H3. The van der Waals surface area contributed by atoms with E-state index in [4.69, 9.17) is 14.2 Å². The largest absolute Gasteiger partial charge is 0.497 e. The Bertz CT molecular complexity index is 753. The first-order valence-electron chi connectivity index (χ1n) is 7.45. The molecule has 0 saturated carbocycles. The summed E-state index contributed by atoms with van der Waals surface area (Å²) in [6.45, 7) is 2.45. The van der Waals surface area contributed by atoms with Gasteiger partial charge in [0.2, 0.25) is 0 Å². The molecule has 0 N–H and O–H groups in total. The van der Waals surface area contributed by atoms with Crippen LogP contribution >= 0.6 is 15.9 Å². The highest BCUT2D eigenvalue weighted by Gasteiger charge is 2.10. The molecule has 0 fully saturated rings. The predicted octanol–water partition coefficient (Wildman–Crippen LogP) is 4.76. The zero-order chi connectivity index (χ0) is 17.5. The van der Waals surface area contributed by atoms with Gasteiger partial charge in [0.15, 0.2) is 17.3 Å². The van der Waals surface area contributed by atoms with Gasteiger partial charge in [-0.25, -0.2) is 0 Å². The number of methoxy groups -OCH3 is 2. The molecule has 2 aromatic carbocycles. The van der Waals surface area contributed by atoms with E-state index in [1.165, 1.54) is 6.08 Å². The minimum absolute atomic E-state index is 0.0992. The van der Waals surface area contributed by atoms with Crippen molar-refractivity contribution in [1.29, 1.82) is 0 Å². The van der Waals surface area contributed by atoms with E-state index in [0.29, 0.717) is 29.4 Å². The van der Waals surface area contributed by atoms with Crippen molar-refractivity contribution in [2.45, 2.75) is 6.92 Å². The summed E-state index contributed by atoms with van der Waals surface area (Å²) in [5, 5.41) is 0. The molecule has 0 aliphatic heterocycles. The van der Waals surface area contributed by atoms with Gasteiger partial charge in [-0.3, -0.25) is 4.79 Å². The Morgan fingerprint density at radius 1 is 1.17 bits per heavy atom. The molecule has 5 heteroatoms. The van der Waals surface area contributed by atoms with Crippen LogP contribution in [0.25, 0.3) is 6.08 Å². The monoisotopic (exact) mass is 390 g/mol. The minimum Gasteiger partial charge on any atom is -0.497 e. The average molecular weight is 391 g/mol. The third-order valence-electron chi connectivity index (χ3n) is 3.32. The van der Waals surface area contributed by atoms with Crippen molar-refractivity contribution in [1.82, 2.24) is 0 Å². The van der Waals surface area contributed by atoms with Crippen molar-refractivity contribution in [2.75, 3.05) is 20.8 Å². The normalized spacial score (nSPS) is 10.7. The zero-order valence-corrected chi connectivity index (χ0v) is 15.4. The maximum Gasteiger partial charge on any atom is 0.185 e. The van der Waals surface area contributed by atoms with E-state index in [1.54, 1.807) is 44.6 Å². The van der Waals surface area contributed by atoms with Gasteiger partial charge >= 0.3 is 0 Å². The third kappa shape index (κ3) is 4.38. The highest BCUT2D eigenvalue weighted by atomic mass is 79.9. The van der Waals surface area contributed by atoms with Crippen LogP contribution in [0.2, 0.25) is 0 Å². The molecule has 0 aliphatic rings. The van der Waals surface area contributed by atoms with Crippen LogP contribution in [0.4, 0.5) is 0 Å². The minimum atomic E-state index is -0.0992. The van der Waals surface area contributed by atoms with Gasteiger partial charge in [-0.2, -0.15) is 0 Å². The maximum atomic E-state index is 12.3. The van der Waals surface area contributed by atoms with Crippen LogP contribution in [0.1, 0.15) is 22.8 Å². The van der Waals surface area contributed by atoms with Crippen LogP contribution in [0, 0.1) is 0 Å². The topological polar surface area (TPSA) is 44.8 Å². The van der Waals surface area contributed by atoms with Gasteiger partial charge in [-0.05, 0) is 58.8 Å². The van der Waals surface area contributed by atoms with E-state index < -0.39 is 0 Å². The summed E-state index contributed by atoms with van der Waals surface area (Å²) < 4.78 is 16.8. The molecule has 0 amide bonds. The Hall–Kier alpha value is -2.27. The Kier molecular flexibility index (Phi) is 6.44. The first-order valence-corrected chi connectivity index (χ1v) is 8.25. The van der Waals surface area contributed by atoms with E-state index in [0.717, 1.165) is 10.0 Å². The number of allylic oxidation sites excluding steroid dienone is 1. The second kappa shape index (κ2) is 8.55. The molecule has 0 saturated heterocycles. The van der Waals surface area contributed by atoms with E-state index in [2.05, 4.69) is 15.9 Å². The number of rotatable bonds is 7. The summed E-state index contributed by atoms with van der Waals surface area (Å²) in [7, 11) is 3.16. The number of hydrogen-bond acceptors (Lipinski definition) is 4. The summed E-state index contributed by atoms with van der Waals surface area (Å²) in [5.74, 6) is 1.81. The van der Waals surface area contributed by atoms with Gasteiger partial charge < -0.3 is 14.2 Å². The maximum absolute atomic E-state index is 12.3. The van der Waals surface area contributed by atoms with Crippen molar-refractivity contribution < 1.29 is 19.0 Å². The van der Waals surface area contributed by atoms with Crippen molar-refractivity contribution in [3.63, 3.8) is 0 Å². The average Bonchev–Trinajstić information content (AvgIpc) is 2.61. The Morgan fingerprint density at radius 3 is 2.62 bits per heavy atom. The lowest BCUT2D eigenvalue weighted by Gasteiger charge is -2.12. The van der Waals surface area contributed by atoms with Gasteiger partial charge in [-0.15, -0.1) is 0 Å². The van der Waals surface area contributed by atoms with Gasteiger partial charge in [-0.1, -0.05) is 18.2 Å². The highest BCUT2D eigenvalue weighted by Crippen LogP contribution is 2.37. The predicted molar refractivity (Wildman–Crippen MR) is 98.2 cm³/mol. The summed E-state index contributed by atoms with van der Waals surface area (Å²) in [4.78, 5) is 12.3. The fourth-order valence-corrected chi connectivity index (χ4v) is 2.74. The lowest BCUT2D eigenvalue weighted by atomic mass is 10.1. The molecule has 4 nitrogen and oxygen atoms in total. The summed E-state index contributed by atoms with van der Waals surface area (Å²) in [6.07, 6.45) is 3.27. The van der Waals surface area contributed by atoms with Crippen LogP contribution in [-0.4, -0.2) is 26.6 Å². The third-order valence-corrected chi connectivity index (χ3v) is 3.91. The highest BCUT2D eigenvalue weighted by molar-refractivity contribution is 9.10. The molecule has 0 aliphatic carbocycles. The van der Waals surface area contributed by atoms with Crippen molar-refractivity contribution in [3.8, 4) is 17.2 Å². The quantitative estimate of drug-likeness (QED) is 0.504. The lowest BCUT2D eigenvalue weighted by Crippen LogP contribution is -1.97. The molecule has 0 bridgehead atoms. The molecule has 24 heavy (non-hydrogen) atoms. The second-order valence-corrected chi connectivity index (χ2v) is 5.75. The van der Waals surface area contributed by atoms with Crippen LogP contribution in [0.3, 0.4) is 0 Å². The van der Waals surface area contributed by atoms with E-state index in [1.807, 2.05) is 19.1 Å². The van der Waals surface area contributed by atoms with Crippen LogP contribution < -0.4 is 14.2 Å². The molecule has 0 atom stereocenters. The molecule has 2 rings (SSSR count). The van der Waals surface area contributed by atoms with Gasteiger partial charge in [0.05, 0.1) is 25.3 Å². The number of carbonyl (C=O) groups is 1. The summed E-state index contributed by atoms with van der Waals surface area (Å²) >= 11 is 3.47. The van der Waals surface area contributed by atoms with Gasteiger partial charge in [0, 0.05) is 5.56 Å². The number of halogens is 1. The fourth-order valence-electron chi connectivity index (χ4n) is 2.16. The Morgan fingerprint density at radius 2 is 1.96 bits per heavy atom. The number of benzene rings is 2. The molecular formula is C19H19BrO4.